The van der Waals surface area contributed by atoms with Crippen molar-refractivity contribution in [3.05, 3.63) is 29.3 Å². The second-order valence-corrected chi connectivity index (χ2v) is 4.51. The number of aromatic carboxylic acids is 1. The Morgan fingerprint density at radius 1 is 1.50 bits per heavy atom. The maximum atomic E-state index is 11.1. The van der Waals surface area contributed by atoms with Crippen molar-refractivity contribution in [2.75, 3.05) is 18.0 Å². The summed E-state index contributed by atoms with van der Waals surface area (Å²) in [5, 5.41) is 9.16. The molecule has 0 spiro atoms. The zero-order chi connectivity index (χ0) is 11.7. The molecule has 16 heavy (non-hydrogen) atoms. The zero-order valence-electron chi connectivity index (χ0n) is 9.73. The van der Waals surface area contributed by atoms with E-state index in [-0.39, 0.29) is 0 Å². The summed E-state index contributed by atoms with van der Waals surface area (Å²) in [6.45, 7) is 6.07. The number of nitrogens with zero attached hydrogens (tertiary/aromatic N) is 1. The summed E-state index contributed by atoms with van der Waals surface area (Å²) in [6, 6.07) is 5.64. The first-order valence-electron chi connectivity index (χ1n) is 5.70. The molecule has 1 saturated heterocycles. The Hall–Kier alpha value is -1.51. The SMILES string of the molecule is CCC1CN(c2ccc(C)cc2C(=O)O)C1. The van der Waals surface area contributed by atoms with Crippen LogP contribution in [0.2, 0.25) is 0 Å². The van der Waals surface area contributed by atoms with E-state index in [1.54, 1.807) is 6.07 Å². The summed E-state index contributed by atoms with van der Waals surface area (Å²) < 4.78 is 0. The lowest BCUT2D eigenvalue weighted by molar-refractivity contribution is 0.0697. The van der Waals surface area contributed by atoms with Gasteiger partial charge in [-0.1, -0.05) is 18.6 Å². The van der Waals surface area contributed by atoms with Gasteiger partial charge in [-0.15, -0.1) is 0 Å². The van der Waals surface area contributed by atoms with Crippen LogP contribution in [0, 0.1) is 12.8 Å². The molecular formula is C13H17NO2. The highest BCUT2D eigenvalue weighted by Gasteiger charge is 2.27. The topological polar surface area (TPSA) is 40.5 Å². The second-order valence-electron chi connectivity index (χ2n) is 4.51. The predicted octanol–water partition coefficient (Wildman–Crippen LogP) is 2.54. The molecular weight excluding hydrogens is 202 g/mol. The van der Waals surface area contributed by atoms with E-state index in [9.17, 15) is 4.79 Å². The summed E-state index contributed by atoms with van der Waals surface area (Å²) in [6.07, 6.45) is 1.17. The number of hydrogen-bond donors (Lipinski definition) is 1. The van der Waals surface area contributed by atoms with Crippen molar-refractivity contribution in [2.24, 2.45) is 5.92 Å². The molecule has 0 aliphatic carbocycles. The van der Waals surface area contributed by atoms with Gasteiger partial charge in [0.15, 0.2) is 0 Å². The smallest absolute Gasteiger partial charge is 0.337 e. The molecule has 1 aromatic carbocycles. The van der Waals surface area contributed by atoms with Gasteiger partial charge in [0.25, 0.3) is 0 Å². The number of anilines is 1. The fraction of sp³-hybridized carbons (Fsp3) is 0.462. The fourth-order valence-corrected chi connectivity index (χ4v) is 2.12. The van der Waals surface area contributed by atoms with Crippen molar-refractivity contribution in [1.82, 2.24) is 0 Å². The number of hydrogen-bond acceptors (Lipinski definition) is 2. The van der Waals surface area contributed by atoms with Gasteiger partial charge in [-0.2, -0.15) is 0 Å². The van der Waals surface area contributed by atoms with Gasteiger partial charge in [-0.05, 0) is 31.4 Å². The molecule has 1 aromatic rings. The van der Waals surface area contributed by atoms with Crippen LogP contribution < -0.4 is 4.90 Å². The van der Waals surface area contributed by atoms with E-state index in [2.05, 4.69) is 11.8 Å². The first kappa shape index (κ1) is 11.0. The van der Waals surface area contributed by atoms with Gasteiger partial charge in [-0.3, -0.25) is 0 Å². The third-order valence-electron chi connectivity index (χ3n) is 3.26. The summed E-state index contributed by atoms with van der Waals surface area (Å²) in [5.41, 5.74) is 2.28. The van der Waals surface area contributed by atoms with Gasteiger partial charge < -0.3 is 10.0 Å². The highest BCUT2D eigenvalue weighted by Crippen LogP contribution is 2.29. The van der Waals surface area contributed by atoms with E-state index in [4.69, 9.17) is 5.11 Å². The van der Waals surface area contributed by atoms with Crippen LogP contribution in [-0.4, -0.2) is 24.2 Å². The quantitative estimate of drug-likeness (QED) is 0.849. The maximum absolute atomic E-state index is 11.1. The molecule has 0 aromatic heterocycles. The Kier molecular flexibility index (Phi) is 2.86. The molecule has 0 unspecified atom stereocenters. The minimum absolute atomic E-state index is 0.426. The largest absolute Gasteiger partial charge is 0.478 e. The Morgan fingerprint density at radius 3 is 2.75 bits per heavy atom. The monoisotopic (exact) mass is 219 g/mol. The number of carboxylic acids is 1. The third-order valence-corrected chi connectivity index (χ3v) is 3.26. The molecule has 1 heterocycles. The first-order valence-corrected chi connectivity index (χ1v) is 5.70. The van der Waals surface area contributed by atoms with E-state index in [1.807, 2.05) is 19.1 Å². The average Bonchev–Trinajstić information content (AvgIpc) is 2.18. The van der Waals surface area contributed by atoms with Gasteiger partial charge in [0.05, 0.1) is 11.3 Å². The summed E-state index contributed by atoms with van der Waals surface area (Å²) in [7, 11) is 0. The van der Waals surface area contributed by atoms with Crippen molar-refractivity contribution in [1.29, 1.82) is 0 Å². The molecule has 2 rings (SSSR count). The molecule has 86 valence electrons. The summed E-state index contributed by atoms with van der Waals surface area (Å²) in [5.74, 6) is -0.110. The van der Waals surface area contributed by atoms with Crippen LogP contribution in [-0.2, 0) is 0 Å². The molecule has 1 aliphatic rings. The van der Waals surface area contributed by atoms with Crippen LogP contribution in [0.15, 0.2) is 18.2 Å². The number of carbonyl (C=O) groups is 1. The normalized spacial score (nSPS) is 16.0. The van der Waals surface area contributed by atoms with E-state index in [1.165, 1.54) is 6.42 Å². The maximum Gasteiger partial charge on any atom is 0.337 e. The first-order chi connectivity index (χ1) is 7.61. The molecule has 3 nitrogen and oxygen atoms in total. The van der Waals surface area contributed by atoms with Crippen LogP contribution in [0.1, 0.15) is 29.3 Å². The highest BCUT2D eigenvalue weighted by molar-refractivity contribution is 5.94. The van der Waals surface area contributed by atoms with E-state index in [0.717, 1.165) is 30.3 Å². The Labute approximate surface area is 95.7 Å². The van der Waals surface area contributed by atoms with Crippen LogP contribution in [0.25, 0.3) is 0 Å². The van der Waals surface area contributed by atoms with Crippen molar-refractivity contribution in [3.63, 3.8) is 0 Å². The number of rotatable bonds is 3. The van der Waals surface area contributed by atoms with E-state index >= 15 is 0 Å². The van der Waals surface area contributed by atoms with Gasteiger partial charge in [0, 0.05) is 13.1 Å². The molecule has 3 heteroatoms. The third kappa shape index (κ3) is 1.90. The van der Waals surface area contributed by atoms with Crippen molar-refractivity contribution in [3.8, 4) is 0 Å². The molecule has 0 amide bonds. The van der Waals surface area contributed by atoms with Crippen molar-refractivity contribution in [2.45, 2.75) is 20.3 Å². The van der Waals surface area contributed by atoms with Crippen LogP contribution in [0.4, 0.5) is 5.69 Å². The molecule has 1 aliphatic heterocycles. The van der Waals surface area contributed by atoms with Crippen LogP contribution >= 0.6 is 0 Å². The number of benzene rings is 1. The summed E-state index contributed by atoms with van der Waals surface area (Å²) >= 11 is 0. The number of aryl methyl sites for hydroxylation is 1. The Morgan fingerprint density at radius 2 is 2.19 bits per heavy atom. The lowest BCUT2D eigenvalue weighted by Crippen LogP contribution is -2.47. The molecule has 0 saturated carbocycles. The molecule has 0 atom stereocenters. The highest BCUT2D eigenvalue weighted by atomic mass is 16.4. The van der Waals surface area contributed by atoms with Crippen LogP contribution in [0.3, 0.4) is 0 Å². The molecule has 0 radical (unpaired) electrons. The van der Waals surface area contributed by atoms with Crippen molar-refractivity contribution < 1.29 is 9.90 Å². The lowest BCUT2D eigenvalue weighted by atomic mass is 9.95. The zero-order valence-corrected chi connectivity index (χ0v) is 9.73. The minimum atomic E-state index is -0.835. The van der Waals surface area contributed by atoms with Gasteiger partial charge in [0.1, 0.15) is 0 Å². The lowest BCUT2D eigenvalue weighted by Gasteiger charge is -2.41. The molecule has 1 fully saturated rings. The average molecular weight is 219 g/mol. The van der Waals surface area contributed by atoms with E-state index < -0.39 is 5.97 Å². The van der Waals surface area contributed by atoms with Crippen LogP contribution in [0.5, 0.6) is 0 Å². The standard InChI is InChI=1S/C13H17NO2/c1-3-10-7-14(8-10)12-5-4-9(2)6-11(12)13(15)16/h4-6,10H,3,7-8H2,1-2H3,(H,15,16). The minimum Gasteiger partial charge on any atom is -0.478 e. The van der Waals surface area contributed by atoms with Gasteiger partial charge in [0.2, 0.25) is 0 Å². The van der Waals surface area contributed by atoms with Gasteiger partial charge in [-0.25, -0.2) is 4.79 Å². The molecule has 0 bridgehead atoms. The Bertz CT molecular complexity index is 408. The molecule has 1 N–H and O–H groups in total. The second kappa shape index (κ2) is 4.16. The Balaban J connectivity index is 2.24. The predicted molar refractivity (Wildman–Crippen MR) is 64.1 cm³/mol. The van der Waals surface area contributed by atoms with Gasteiger partial charge >= 0.3 is 5.97 Å². The van der Waals surface area contributed by atoms with Crippen molar-refractivity contribution >= 4 is 11.7 Å². The van der Waals surface area contributed by atoms with E-state index in [0.29, 0.717) is 5.56 Å². The summed E-state index contributed by atoms with van der Waals surface area (Å²) in [4.78, 5) is 13.3. The fourth-order valence-electron chi connectivity index (χ4n) is 2.12. The number of carboxylic acid groups (broad SMARTS) is 1.